The van der Waals surface area contributed by atoms with E-state index in [0.717, 1.165) is 8.61 Å². The fourth-order valence-corrected chi connectivity index (χ4v) is 4.54. The summed E-state index contributed by atoms with van der Waals surface area (Å²) in [5, 5.41) is 2.88. The van der Waals surface area contributed by atoms with Crippen LogP contribution < -0.4 is 9.62 Å². The first-order valence-corrected chi connectivity index (χ1v) is 12.6. The Morgan fingerprint density at radius 2 is 1.69 bits per heavy atom. The Bertz CT molecular complexity index is 1360. The van der Waals surface area contributed by atoms with Gasteiger partial charge in [-0.15, -0.1) is 0 Å². The Hall–Kier alpha value is -3.47. The highest BCUT2D eigenvalue weighted by molar-refractivity contribution is 7.90. The molecule has 1 N–H and O–H groups in total. The first kappa shape index (κ1) is 27.1. The minimum atomic E-state index is -4.00. The van der Waals surface area contributed by atoms with Crippen molar-refractivity contribution in [2.45, 2.75) is 13.5 Å². The molecule has 0 aliphatic rings. The standard InChI is InChI=1S/C25H25ClFN3O5S/c1-4-35-25(32)20-15-19(13-14-21(20)26)28-24(31)18-11-9-17(10-12-18)16-30(36(33,34)29(2)3)23-8-6-5-7-22(23)27/h5-15H,4,16H2,1-3H3,(H,28,31). The molecular weight excluding hydrogens is 509 g/mol. The summed E-state index contributed by atoms with van der Waals surface area (Å²) in [6.45, 7) is 1.71. The number of nitrogens with one attached hydrogen (secondary N) is 1. The smallest absolute Gasteiger partial charge is 0.339 e. The highest BCUT2D eigenvalue weighted by atomic mass is 35.5. The number of carbonyl (C=O) groups excluding carboxylic acids is 2. The molecule has 3 rings (SSSR count). The van der Waals surface area contributed by atoms with Crippen molar-refractivity contribution < 1.29 is 27.1 Å². The van der Waals surface area contributed by atoms with Gasteiger partial charge in [-0.05, 0) is 55.0 Å². The summed E-state index contributed by atoms with van der Waals surface area (Å²) in [7, 11) is -1.28. The van der Waals surface area contributed by atoms with Crippen molar-refractivity contribution in [3.05, 3.63) is 94.3 Å². The number of esters is 1. The predicted octanol–water partition coefficient (Wildman–Crippen LogP) is 4.72. The number of hydrogen-bond donors (Lipinski definition) is 1. The number of anilines is 2. The van der Waals surface area contributed by atoms with Gasteiger partial charge in [-0.25, -0.2) is 9.18 Å². The van der Waals surface area contributed by atoms with Gasteiger partial charge in [0.05, 0.1) is 29.4 Å². The van der Waals surface area contributed by atoms with Crippen LogP contribution in [0.2, 0.25) is 5.02 Å². The molecule has 0 aliphatic carbocycles. The first-order chi connectivity index (χ1) is 17.0. The van der Waals surface area contributed by atoms with Gasteiger partial charge in [-0.2, -0.15) is 12.7 Å². The number of hydrogen-bond acceptors (Lipinski definition) is 5. The summed E-state index contributed by atoms with van der Waals surface area (Å²) in [5.41, 5.74) is 1.21. The minimum Gasteiger partial charge on any atom is -0.462 e. The molecule has 0 saturated heterocycles. The zero-order chi connectivity index (χ0) is 26.5. The lowest BCUT2D eigenvalue weighted by Gasteiger charge is -2.27. The van der Waals surface area contributed by atoms with Crippen molar-refractivity contribution in [1.82, 2.24) is 4.31 Å². The number of carbonyl (C=O) groups is 2. The van der Waals surface area contributed by atoms with Crippen LogP contribution in [-0.4, -0.2) is 45.3 Å². The summed E-state index contributed by atoms with van der Waals surface area (Å²) < 4.78 is 47.1. The summed E-state index contributed by atoms with van der Waals surface area (Å²) in [6, 6.07) is 16.3. The summed E-state index contributed by atoms with van der Waals surface area (Å²) in [6.07, 6.45) is 0. The number of rotatable bonds is 9. The monoisotopic (exact) mass is 533 g/mol. The fourth-order valence-electron chi connectivity index (χ4n) is 3.24. The maximum Gasteiger partial charge on any atom is 0.339 e. The van der Waals surface area contributed by atoms with Gasteiger partial charge in [0.1, 0.15) is 5.82 Å². The molecule has 0 atom stereocenters. The van der Waals surface area contributed by atoms with E-state index in [1.807, 2.05) is 0 Å². The Morgan fingerprint density at radius 3 is 2.31 bits per heavy atom. The molecule has 1 amide bonds. The molecule has 0 aromatic heterocycles. The molecule has 0 spiro atoms. The summed E-state index contributed by atoms with van der Waals surface area (Å²) >= 11 is 6.06. The van der Waals surface area contributed by atoms with Crippen LogP contribution in [0.3, 0.4) is 0 Å². The third kappa shape index (κ3) is 6.20. The molecule has 0 radical (unpaired) electrons. The quantitative estimate of drug-likeness (QED) is 0.401. The van der Waals surface area contributed by atoms with Crippen LogP contribution >= 0.6 is 11.6 Å². The molecule has 0 unspecified atom stereocenters. The van der Waals surface area contributed by atoms with Crippen molar-refractivity contribution in [1.29, 1.82) is 0 Å². The topological polar surface area (TPSA) is 96.0 Å². The lowest BCUT2D eigenvalue weighted by molar-refractivity contribution is 0.0526. The zero-order valence-corrected chi connectivity index (χ0v) is 21.4. The number of para-hydroxylation sites is 1. The van der Waals surface area contributed by atoms with Gasteiger partial charge in [0.15, 0.2) is 0 Å². The van der Waals surface area contributed by atoms with Gasteiger partial charge in [0, 0.05) is 25.3 Å². The van der Waals surface area contributed by atoms with Crippen molar-refractivity contribution in [3.63, 3.8) is 0 Å². The molecule has 0 aliphatic heterocycles. The average Bonchev–Trinajstić information content (AvgIpc) is 2.84. The number of benzene rings is 3. The Morgan fingerprint density at radius 1 is 1.03 bits per heavy atom. The second kappa shape index (κ2) is 11.5. The molecule has 11 heteroatoms. The lowest BCUT2D eigenvalue weighted by Crippen LogP contribution is -2.40. The van der Waals surface area contributed by atoms with Crippen molar-refractivity contribution >= 4 is 45.1 Å². The molecule has 3 aromatic rings. The van der Waals surface area contributed by atoms with E-state index in [9.17, 15) is 22.4 Å². The molecule has 0 saturated carbocycles. The number of nitrogens with zero attached hydrogens (tertiary/aromatic N) is 2. The maximum atomic E-state index is 14.4. The lowest BCUT2D eigenvalue weighted by atomic mass is 10.1. The van der Waals surface area contributed by atoms with Crippen molar-refractivity contribution in [2.75, 3.05) is 30.3 Å². The van der Waals surface area contributed by atoms with Crippen LogP contribution in [0.5, 0.6) is 0 Å². The molecule has 0 fully saturated rings. The Labute approximate surface area is 214 Å². The van der Waals surface area contributed by atoms with Gasteiger partial charge in [0.25, 0.3) is 5.91 Å². The highest BCUT2D eigenvalue weighted by Crippen LogP contribution is 2.26. The van der Waals surface area contributed by atoms with Crippen LogP contribution in [0.25, 0.3) is 0 Å². The third-order valence-electron chi connectivity index (χ3n) is 5.12. The normalized spacial score (nSPS) is 11.3. The average molecular weight is 534 g/mol. The molecule has 0 heterocycles. The van der Waals surface area contributed by atoms with Crippen molar-refractivity contribution in [3.8, 4) is 0 Å². The van der Waals surface area contributed by atoms with E-state index in [2.05, 4.69) is 5.32 Å². The van der Waals surface area contributed by atoms with Crippen LogP contribution in [0.4, 0.5) is 15.8 Å². The van der Waals surface area contributed by atoms with E-state index in [-0.39, 0.29) is 29.4 Å². The van der Waals surface area contributed by atoms with Crippen molar-refractivity contribution in [2.24, 2.45) is 0 Å². The number of ether oxygens (including phenoxy) is 1. The van der Waals surface area contributed by atoms with Crippen LogP contribution in [0.15, 0.2) is 66.7 Å². The molecular formula is C25H25ClFN3O5S. The fraction of sp³-hybridized carbons (Fsp3) is 0.200. The maximum absolute atomic E-state index is 14.4. The molecule has 36 heavy (non-hydrogen) atoms. The van der Waals surface area contributed by atoms with E-state index in [4.69, 9.17) is 16.3 Å². The SMILES string of the molecule is CCOC(=O)c1cc(NC(=O)c2ccc(CN(c3ccccc3F)S(=O)(=O)N(C)C)cc2)ccc1Cl. The first-order valence-electron chi connectivity index (χ1n) is 10.9. The van der Waals surface area contributed by atoms with Crippen LogP contribution in [-0.2, 0) is 21.5 Å². The van der Waals surface area contributed by atoms with Crippen LogP contribution in [0.1, 0.15) is 33.2 Å². The molecule has 8 nitrogen and oxygen atoms in total. The van der Waals surface area contributed by atoms with Gasteiger partial charge >= 0.3 is 16.2 Å². The number of halogens is 2. The van der Waals surface area contributed by atoms with E-state index in [1.54, 1.807) is 31.2 Å². The Kier molecular flexibility index (Phi) is 8.67. The zero-order valence-electron chi connectivity index (χ0n) is 19.9. The third-order valence-corrected chi connectivity index (χ3v) is 7.26. The minimum absolute atomic E-state index is 0.0897. The van der Waals surface area contributed by atoms with E-state index in [0.29, 0.717) is 16.8 Å². The van der Waals surface area contributed by atoms with Gasteiger partial charge in [-0.3, -0.25) is 9.10 Å². The second-order valence-electron chi connectivity index (χ2n) is 7.81. The van der Waals surface area contributed by atoms with E-state index >= 15 is 0 Å². The van der Waals surface area contributed by atoms with Gasteiger partial charge in [0.2, 0.25) is 0 Å². The van der Waals surface area contributed by atoms with Gasteiger partial charge < -0.3 is 10.1 Å². The Balaban J connectivity index is 1.80. The van der Waals surface area contributed by atoms with Crippen LogP contribution in [0, 0.1) is 5.82 Å². The van der Waals surface area contributed by atoms with E-state index in [1.165, 1.54) is 56.6 Å². The largest absolute Gasteiger partial charge is 0.462 e. The second-order valence-corrected chi connectivity index (χ2v) is 10.3. The summed E-state index contributed by atoms with van der Waals surface area (Å²) in [5.74, 6) is -1.73. The van der Waals surface area contributed by atoms with Gasteiger partial charge in [-0.1, -0.05) is 35.9 Å². The molecule has 0 bridgehead atoms. The highest BCUT2D eigenvalue weighted by Gasteiger charge is 2.27. The van der Waals surface area contributed by atoms with E-state index < -0.39 is 27.9 Å². The summed E-state index contributed by atoms with van der Waals surface area (Å²) in [4.78, 5) is 24.8. The molecule has 190 valence electrons. The number of amides is 1. The molecule has 3 aromatic carbocycles. The predicted molar refractivity (Wildman–Crippen MR) is 137 cm³/mol.